The van der Waals surface area contributed by atoms with Crippen LogP contribution >= 0.6 is 0 Å². The molecule has 1 N–H and O–H groups in total. The van der Waals surface area contributed by atoms with Crippen molar-refractivity contribution < 1.29 is 4.79 Å². The molecule has 0 unspecified atom stereocenters. The van der Waals surface area contributed by atoms with Gasteiger partial charge in [0.1, 0.15) is 17.9 Å². The number of para-hydroxylation sites is 1. The van der Waals surface area contributed by atoms with E-state index in [2.05, 4.69) is 35.7 Å². The van der Waals surface area contributed by atoms with E-state index >= 15 is 0 Å². The van der Waals surface area contributed by atoms with Crippen LogP contribution in [-0.2, 0) is 13.6 Å². The predicted molar refractivity (Wildman–Crippen MR) is 109 cm³/mol. The van der Waals surface area contributed by atoms with Crippen LogP contribution < -0.4 is 5.32 Å². The van der Waals surface area contributed by atoms with Crippen molar-refractivity contribution in [3.8, 4) is 6.07 Å². The molecule has 1 aromatic heterocycles. The van der Waals surface area contributed by atoms with Gasteiger partial charge in [-0.1, -0.05) is 42.0 Å². The van der Waals surface area contributed by atoms with Crippen LogP contribution in [0.1, 0.15) is 44.6 Å². The van der Waals surface area contributed by atoms with Crippen molar-refractivity contribution in [2.45, 2.75) is 26.6 Å². The second-order valence-electron chi connectivity index (χ2n) is 7.25. The highest BCUT2D eigenvalue weighted by Gasteiger charge is 2.34. The van der Waals surface area contributed by atoms with Crippen molar-refractivity contribution in [2.24, 2.45) is 7.05 Å². The molecule has 1 amide bonds. The average molecular weight is 370 g/mol. The van der Waals surface area contributed by atoms with Crippen molar-refractivity contribution in [1.82, 2.24) is 9.47 Å². The number of carbonyl (C=O) groups excluding carboxylic acids is 1. The molecule has 0 saturated carbocycles. The number of hydrogen-bond acceptors (Lipinski definition) is 3. The van der Waals surface area contributed by atoms with Crippen LogP contribution in [0.25, 0.3) is 0 Å². The Balaban J connectivity index is 1.80. The zero-order valence-electron chi connectivity index (χ0n) is 16.2. The number of aromatic nitrogens is 1. The summed E-state index contributed by atoms with van der Waals surface area (Å²) >= 11 is 0. The summed E-state index contributed by atoms with van der Waals surface area (Å²) in [7, 11) is 1.88. The van der Waals surface area contributed by atoms with Gasteiger partial charge in [0.2, 0.25) is 0 Å². The van der Waals surface area contributed by atoms with E-state index < -0.39 is 0 Å². The number of rotatable bonds is 3. The van der Waals surface area contributed by atoms with Gasteiger partial charge in [0.05, 0.1) is 5.56 Å². The lowest BCUT2D eigenvalue weighted by atomic mass is 10.0. The Hall–Kier alpha value is -3.52. The van der Waals surface area contributed by atoms with Gasteiger partial charge in [-0.05, 0) is 37.6 Å². The van der Waals surface area contributed by atoms with Gasteiger partial charge in [0.15, 0.2) is 0 Å². The van der Waals surface area contributed by atoms with E-state index in [9.17, 15) is 10.1 Å². The van der Waals surface area contributed by atoms with Crippen LogP contribution in [0.3, 0.4) is 0 Å². The second kappa shape index (κ2) is 6.90. The van der Waals surface area contributed by atoms with Gasteiger partial charge in [-0.15, -0.1) is 0 Å². The molecule has 5 nitrogen and oxygen atoms in total. The molecule has 0 fully saturated rings. The van der Waals surface area contributed by atoms with Gasteiger partial charge in [-0.3, -0.25) is 4.79 Å². The molecule has 28 heavy (non-hydrogen) atoms. The highest BCUT2D eigenvalue weighted by molar-refractivity contribution is 6.01. The van der Waals surface area contributed by atoms with Crippen LogP contribution in [0.5, 0.6) is 0 Å². The minimum atomic E-state index is -0.336. The van der Waals surface area contributed by atoms with E-state index in [0.717, 1.165) is 22.5 Å². The summed E-state index contributed by atoms with van der Waals surface area (Å²) in [5, 5.41) is 12.9. The SMILES string of the molecule is Cc1ccc(CN2C(=O)c3ccccc3N[C@@H]2c2cc(C#N)n(C)c2C)cc1. The Morgan fingerprint density at radius 1 is 1.11 bits per heavy atom. The normalized spacial score (nSPS) is 15.7. The van der Waals surface area contributed by atoms with Crippen molar-refractivity contribution in [3.63, 3.8) is 0 Å². The van der Waals surface area contributed by atoms with Crippen LogP contribution in [0, 0.1) is 25.2 Å². The fraction of sp³-hybridized carbons (Fsp3) is 0.217. The lowest BCUT2D eigenvalue weighted by Crippen LogP contribution is -2.42. The molecular weight excluding hydrogens is 348 g/mol. The number of nitriles is 1. The molecule has 0 radical (unpaired) electrons. The number of carbonyl (C=O) groups is 1. The molecule has 1 aliphatic heterocycles. The number of benzene rings is 2. The monoisotopic (exact) mass is 370 g/mol. The molecule has 1 atom stereocenters. The summed E-state index contributed by atoms with van der Waals surface area (Å²) in [6.07, 6.45) is -0.336. The van der Waals surface area contributed by atoms with E-state index in [1.54, 1.807) is 0 Å². The van der Waals surface area contributed by atoms with Crippen LogP contribution in [0.15, 0.2) is 54.6 Å². The van der Waals surface area contributed by atoms with Crippen LogP contribution in [-0.4, -0.2) is 15.4 Å². The van der Waals surface area contributed by atoms with Crippen molar-refractivity contribution in [2.75, 3.05) is 5.32 Å². The first kappa shape index (κ1) is 17.9. The third-order valence-corrected chi connectivity index (χ3v) is 5.48. The summed E-state index contributed by atoms with van der Waals surface area (Å²) < 4.78 is 1.87. The lowest BCUT2D eigenvalue weighted by Gasteiger charge is -2.38. The van der Waals surface area contributed by atoms with Crippen LogP contribution in [0.4, 0.5) is 5.69 Å². The van der Waals surface area contributed by atoms with E-state index in [4.69, 9.17) is 0 Å². The van der Waals surface area contributed by atoms with Crippen molar-refractivity contribution in [1.29, 1.82) is 5.26 Å². The quantitative estimate of drug-likeness (QED) is 0.748. The average Bonchev–Trinajstić information content (AvgIpc) is 3.00. The first-order valence-electron chi connectivity index (χ1n) is 9.28. The topological polar surface area (TPSA) is 61.1 Å². The standard InChI is InChI=1S/C23H22N4O/c1-15-8-10-17(11-9-15)14-27-22(20-12-18(13-24)26(3)16(20)2)25-21-7-5-4-6-19(21)23(27)28/h4-12,22,25H,14H2,1-3H3/t22-/m0/s1. The number of amides is 1. The van der Waals surface area contributed by atoms with Crippen molar-refractivity contribution in [3.05, 3.63) is 88.2 Å². The minimum Gasteiger partial charge on any atom is -0.361 e. The summed E-state index contributed by atoms with van der Waals surface area (Å²) in [6, 6.07) is 19.9. The predicted octanol–water partition coefficient (Wildman–Crippen LogP) is 4.28. The molecule has 4 rings (SSSR count). The maximum atomic E-state index is 13.4. The third-order valence-electron chi connectivity index (χ3n) is 5.48. The third kappa shape index (κ3) is 2.93. The fourth-order valence-corrected chi connectivity index (χ4v) is 3.70. The summed E-state index contributed by atoms with van der Waals surface area (Å²) in [4.78, 5) is 15.2. The number of anilines is 1. The Morgan fingerprint density at radius 2 is 1.82 bits per heavy atom. The van der Waals surface area contributed by atoms with E-state index in [0.29, 0.717) is 17.8 Å². The molecular formula is C23H22N4O. The van der Waals surface area contributed by atoms with Gasteiger partial charge in [-0.2, -0.15) is 5.26 Å². The van der Waals surface area contributed by atoms with Gasteiger partial charge in [0, 0.05) is 30.5 Å². The molecule has 2 heterocycles. The summed E-state index contributed by atoms with van der Waals surface area (Å²) in [5.74, 6) is -0.0123. The number of nitrogens with one attached hydrogen (secondary N) is 1. The fourth-order valence-electron chi connectivity index (χ4n) is 3.70. The van der Waals surface area contributed by atoms with E-state index in [-0.39, 0.29) is 12.1 Å². The smallest absolute Gasteiger partial charge is 0.258 e. The lowest BCUT2D eigenvalue weighted by molar-refractivity contribution is 0.0666. The maximum absolute atomic E-state index is 13.4. The Morgan fingerprint density at radius 3 is 2.50 bits per heavy atom. The molecule has 5 heteroatoms. The molecule has 2 aromatic carbocycles. The first-order valence-corrected chi connectivity index (χ1v) is 9.28. The molecule has 140 valence electrons. The molecule has 0 saturated heterocycles. The van der Waals surface area contributed by atoms with Gasteiger partial charge < -0.3 is 14.8 Å². The van der Waals surface area contributed by atoms with Gasteiger partial charge in [0.25, 0.3) is 5.91 Å². The van der Waals surface area contributed by atoms with E-state index in [1.165, 1.54) is 5.56 Å². The van der Waals surface area contributed by atoms with Crippen LogP contribution in [0.2, 0.25) is 0 Å². The molecule has 0 bridgehead atoms. The van der Waals surface area contributed by atoms with Crippen molar-refractivity contribution >= 4 is 11.6 Å². The molecule has 0 aliphatic carbocycles. The second-order valence-corrected chi connectivity index (χ2v) is 7.25. The highest BCUT2D eigenvalue weighted by Crippen LogP contribution is 2.36. The Kier molecular flexibility index (Phi) is 4.40. The summed E-state index contributed by atoms with van der Waals surface area (Å²) in [6.45, 7) is 4.52. The largest absolute Gasteiger partial charge is 0.361 e. The van der Waals surface area contributed by atoms with Gasteiger partial charge >= 0.3 is 0 Å². The first-order chi connectivity index (χ1) is 13.5. The zero-order valence-corrected chi connectivity index (χ0v) is 16.2. The maximum Gasteiger partial charge on any atom is 0.258 e. The molecule has 1 aliphatic rings. The van der Waals surface area contributed by atoms with Gasteiger partial charge in [-0.25, -0.2) is 0 Å². The number of aryl methyl sites for hydroxylation is 1. The van der Waals surface area contributed by atoms with E-state index in [1.807, 2.05) is 60.7 Å². The Bertz CT molecular complexity index is 1090. The number of nitrogens with zero attached hydrogens (tertiary/aromatic N) is 3. The molecule has 3 aromatic rings. The zero-order chi connectivity index (χ0) is 19.8. The number of fused-ring (bicyclic) bond motifs is 1. The summed E-state index contributed by atoms with van der Waals surface area (Å²) in [5.41, 5.74) is 6.23. The molecule has 0 spiro atoms. The Labute approximate surface area is 164 Å². The highest BCUT2D eigenvalue weighted by atomic mass is 16.2. The number of hydrogen-bond donors (Lipinski definition) is 1. The minimum absolute atomic E-state index is 0.0123.